The fourth-order valence-electron chi connectivity index (χ4n) is 2.33. The molecule has 1 aromatic heterocycles. The molecule has 0 fully saturated rings. The SMILES string of the molecule is CCC(CC)(C(=O)Cc1cn(C)nn1)N(C)C. The van der Waals surface area contributed by atoms with Crippen LogP contribution >= 0.6 is 0 Å². The zero-order valence-corrected chi connectivity index (χ0v) is 11.4. The molecule has 0 N–H and O–H groups in total. The van der Waals surface area contributed by atoms with Crippen molar-refractivity contribution in [3.05, 3.63) is 11.9 Å². The van der Waals surface area contributed by atoms with E-state index < -0.39 is 0 Å². The van der Waals surface area contributed by atoms with Gasteiger partial charge in [-0.15, -0.1) is 5.10 Å². The summed E-state index contributed by atoms with van der Waals surface area (Å²) in [6.07, 6.45) is 3.78. The molecule has 0 saturated heterocycles. The summed E-state index contributed by atoms with van der Waals surface area (Å²) >= 11 is 0. The maximum Gasteiger partial charge on any atom is 0.159 e. The fourth-order valence-corrected chi connectivity index (χ4v) is 2.33. The van der Waals surface area contributed by atoms with Gasteiger partial charge in [0, 0.05) is 13.2 Å². The van der Waals surface area contributed by atoms with Crippen molar-refractivity contribution in [2.45, 2.75) is 38.6 Å². The lowest BCUT2D eigenvalue weighted by molar-refractivity contribution is -0.129. The Labute approximate surface area is 103 Å². The molecule has 17 heavy (non-hydrogen) atoms. The van der Waals surface area contributed by atoms with Gasteiger partial charge in [0.1, 0.15) is 0 Å². The quantitative estimate of drug-likeness (QED) is 0.743. The Morgan fingerprint density at radius 1 is 1.41 bits per heavy atom. The van der Waals surface area contributed by atoms with Gasteiger partial charge in [-0.3, -0.25) is 14.4 Å². The predicted molar refractivity (Wildman–Crippen MR) is 66.7 cm³/mol. The minimum absolute atomic E-state index is 0.216. The van der Waals surface area contributed by atoms with E-state index in [1.54, 1.807) is 17.9 Å². The van der Waals surface area contributed by atoms with Crippen molar-refractivity contribution in [1.29, 1.82) is 0 Å². The molecule has 0 aromatic carbocycles. The van der Waals surface area contributed by atoms with E-state index in [1.165, 1.54) is 0 Å². The van der Waals surface area contributed by atoms with E-state index in [0.717, 1.165) is 18.5 Å². The first-order valence-corrected chi connectivity index (χ1v) is 6.02. The van der Waals surface area contributed by atoms with Gasteiger partial charge in [-0.1, -0.05) is 19.1 Å². The van der Waals surface area contributed by atoms with Crippen LogP contribution in [0.25, 0.3) is 0 Å². The summed E-state index contributed by atoms with van der Waals surface area (Å²) in [6.45, 7) is 4.11. The molecule has 0 unspecified atom stereocenters. The van der Waals surface area contributed by atoms with Crippen LogP contribution < -0.4 is 0 Å². The van der Waals surface area contributed by atoms with E-state index >= 15 is 0 Å². The maximum absolute atomic E-state index is 12.4. The topological polar surface area (TPSA) is 51.0 Å². The van der Waals surface area contributed by atoms with E-state index in [2.05, 4.69) is 24.2 Å². The number of rotatable bonds is 6. The number of hydrogen-bond acceptors (Lipinski definition) is 4. The highest BCUT2D eigenvalue weighted by atomic mass is 16.1. The normalized spacial score (nSPS) is 12.1. The summed E-state index contributed by atoms with van der Waals surface area (Å²) in [5.41, 5.74) is 0.364. The molecule has 0 amide bonds. The minimum Gasteiger partial charge on any atom is -0.297 e. The van der Waals surface area contributed by atoms with Crippen LogP contribution in [0.15, 0.2) is 6.20 Å². The lowest BCUT2D eigenvalue weighted by Crippen LogP contribution is -2.51. The molecule has 0 atom stereocenters. The summed E-state index contributed by atoms with van der Waals surface area (Å²) < 4.78 is 1.62. The molecule has 0 aliphatic rings. The Balaban J connectivity index is 2.86. The highest BCUT2D eigenvalue weighted by molar-refractivity contribution is 5.89. The van der Waals surface area contributed by atoms with Crippen molar-refractivity contribution in [3.63, 3.8) is 0 Å². The van der Waals surface area contributed by atoms with Crippen LogP contribution in [0.5, 0.6) is 0 Å². The monoisotopic (exact) mass is 238 g/mol. The second-order valence-electron chi connectivity index (χ2n) is 4.62. The Hall–Kier alpha value is -1.23. The first kappa shape index (κ1) is 13.8. The molecule has 0 aliphatic heterocycles. The molecular formula is C12H22N4O. The van der Waals surface area contributed by atoms with Crippen LogP contribution in [0.1, 0.15) is 32.4 Å². The number of aryl methyl sites for hydroxylation is 1. The van der Waals surface area contributed by atoms with Gasteiger partial charge in [0.25, 0.3) is 0 Å². The summed E-state index contributed by atoms with van der Waals surface area (Å²) in [7, 11) is 5.73. The van der Waals surface area contributed by atoms with Crippen LogP contribution in [0.2, 0.25) is 0 Å². The largest absolute Gasteiger partial charge is 0.297 e. The summed E-state index contributed by atoms with van der Waals surface area (Å²) in [5.74, 6) is 0.216. The smallest absolute Gasteiger partial charge is 0.159 e. The molecule has 0 aliphatic carbocycles. The van der Waals surface area contributed by atoms with Crippen molar-refractivity contribution in [1.82, 2.24) is 19.9 Å². The van der Waals surface area contributed by atoms with Gasteiger partial charge in [-0.2, -0.15) is 0 Å². The Kier molecular flexibility index (Phi) is 4.40. The molecule has 1 aromatic rings. The van der Waals surface area contributed by atoms with Gasteiger partial charge < -0.3 is 0 Å². The van der Waals surface area contributed by atoms with E-state index in [4.69, 9.17) is 0 Å². The van der Waals surface area contributed by atoms with Gasteiger partial charge in [-0.05, 0) is 26.9 Å². The lowest BCUT2D eigenvalue weighted by Gasteiger charge is -2.36. The van der Waals surface area contributed by atoms with Crippen LogP contribution in [-0.2, 0) is 18.3 Å². The van der Waals surface area contributed by atoms with Gasteiger partial charge in [0.15, 0.2) is 5.78 Å². The van der Waals surface area contributed by atoms with Crippen molar-refractivity contribution >= 4 is 5.78 Å². The molecule has 0 bridgehead atoms. The molecule has 0 spiro atoms. The van der Waals surface area contributed by atoms with Crippen molar-refractivity contribution in [2.24, 2.45) is 7.05 Å². The molecule has 1 rings (SSSR count). The number of nitrogens with zero attached hydrogens (tertiary/aromatic N) is 4. The van der Waals surface area contributed by atoms with E-state index in [0.29, 0.717) is 6.42 Å². The fraction of sp³-hybridized carbons (Fsp3) is 0.750. The number of aromatic nitrogens is 3. The molecule has 0 radical (unpaired) electrons. The van der Waals surface area contributed by atoms with Gasteiger partial charge in [-0.25, -0.2) is 0 Å². The van der Waals surface area contributed by atoms with Gasteiger partial charge in [0.2, 0.25) is 0 Å². The number of hydrogen-bond donors (Lipinski definition) is 0. The third-order valence-corrected chi connectivity index (χ3v) is 3.54. The molecule has 96 valence electrons. The molecule has 1 heterocycles. The maximum atomic E-state index is 12.4. The highest BCUT2D eigenvalue weighted by Gasteiger charge is 2.36. The number of carbonyl (C=O) groups is 1. The predicted octanol–water partition coefficient (Wildman–Crippen LogP) is 1.05. The van der Waals surface area contributed by atoms with E-state index in [-0.39, 0.29) is 11.3 Å². The van der Waals surface area contributed by atoms with Crippen LogP contribution in [0.4, 0.5) is 0 Å². The minimum atomic E-state index is -0.377. The number of ketones is 1. The van der Waals surface area contributed by atoms with Crippen molar-refractivity contribution in [2.75, 3.05) is 14.1 Å². The van der Waals surface area contributed by atoms with Crippen LogP contribution in [0, 0.1) is 0 Å². The average Bonchev–Trinajstić information content (AvgIpc) is 2.66. The van der Waals surface area contributed by atoms with E-state index in [1.807, 2.05) is 19.0 Å². The molecule has 0 saturated carbocycles. The second kappa shape index (κ2) is 5.40. The third-order valence-electron chi connectivity index (χ3n) is 3.54. The van der Waals surface area contributed by atoms with Gasteiger partial charge in [0.05, 0.1) is 17.7 Å². The summed E-state index contributed by atoms with van der Waals surface area (Å²) in [6, 6.07) is 0. The number of Topliss-reactive ketones (excluding diaryl/α,β-unsaturated/α-hetero) is 1. The zero-order chi connectivity index (χ0) is 13.1. The van der Waals surface area contributed by atoms with Crippen molar-refractivity contribution in [3.8, 4) is 0 Å². The van der Waals surface area contributed by atoms with Crippen LogP contribution in [-0.4, -0.2) is 45.3 Å². The molecular weight excluding hydrogens is 216 g/mol. The van der Waals surface area contributed by atoms with Gasteiger partial charge >= 0.3 is 0 Å². The first-order chi connectivity index (χ1) is 7.96. The Morgan fingerprint density at radius 2 is 2.00 bits per heavy atom. The van der Waals surface area contributed by atoms with Crippen LogP contribution in [0.3, 0.4) is 0 Å². The van der Waals surface area contributed by atoms with Crippen molar-refractivity contribution < 1.29 is 4.79 Å². The second-order valence-corrected chi connectivity index (χ2v) is 4.62. The first-order valence-electron chi connectivity index (χ1n) is 6.02. The standard InChI is InChI=1S/C12H22N4O/c1-6-12(7-2,15(3)4)11(17)8-10-9-16(5)14-13-10/h9H,6-8H2,1-5H3. The lowest BCUT2D eigenvalue weighted by atomic mass is 9.84. The molecule has 5 nitrogen and oxygen atoms in total. The zero-order valence-electron chi connectivity index (χ0n) is 11.4. The van der Waals surface area contributed by atoms with E-state index in [9.17, 15) is 4.79 Å². The highest BCUT2D eigenvalue weighted by Crippen LogP contribution is 2.24. The number of carbonyl (C=O) groups excluding carboxylic acids is 1. The summed E-state index contributed by atoms with van der Waals surface area (Å²) in [5, 5.41) is 7.82. The average molecular weight is 238 g/mol. The molecule has 5 heteroatoms. The summed E-state index contributed by atoms with van der Waals surface area (Å²) in [4.78, 5) is 14.4. The third kappa shape index (κ3) is 2.72. The Morgan fingerprint density at radius 3 is 2.35 bits per heavy atom. The Bertz CT molecular complexity index is 380. The number of likely N-dealkylation sites (N-methyl/N-ethyl adjacent to an activating group) is 1.